The third-order valence-corrected chi connectivity index (χ3v) is 3.16. The molecule has 1 fully saturated rings. The summed E-state index contributed by atoms with van der Waals surface area (Å²) in [5.41, 5.74) is 0. The van der Waals surface area contributed by atoms with Gasteiger partial charge in [-0.2, -0.15) is 0 Å². The highest BCUT2D eigenvalue weighted by Crippen LogP contribution is 2.15. The molecule has 1 aliphatic rings. The van der Waals surface area contributed by atoms with Crippen molar-refractivity contribution in [2.24, 2.45) is 0 Å². The largest absolute Gasteiger partial charge is 0.492 e. The Hall–Kier alpha value is -1.44. The molecule has 1 saturated heterocycles. The standard InChI is InChI=1S/C14H18F2N2O3.ClH/c1-9-13(17-4-6-20-9)14(19)18-5-7-21-10-2-3-11(15)12(16)8-10;/h2-3,8-9,13,17H,4-7H2,1H3,(H,18,19);1H/t9-,13+;/m1./s1. The van der Waals surface area contributed by atoms with Gasteiger partial charge in [-0.1, -0.05) is 0 Å². The molecular weight excluding hydrogens is 318 g/mol. The molecule has 22 heavy (non-hydrogen) atoms. The summed E-state index contributed by atoms with van der Waals surface area (Å²) in [7, 11) is 0. The maximum atomic E-state index is 13.0. The first-order valence-electron chi connectivity index (χ1n) is 6.78. The van der Waals surface area contributed by atoms with Gasteiger partial charge >= 0.3 is 0 Å². The van der Waals surface area contributed by atoms with Crippen molar-refractivity contribution < 1.29 is 23.0 Å². The van der Waals surface area contributed by atoms with Crippen LogP contribution >= 0.6 is 12.4 Å². The predicted octanol–water partition coefficient (Wildman–Crippen LogP) is 1.26. The van der Waals surface area contributed by atoms with Gasteiger partial charge in [0.15, 0.2) is 11.6 Å². The molecule has 5 nitrogen and oxygen atoms in total. The lowest BCUT2D eigenvalue weighted by Crippen LogP contribution is -2.55. The Bertz CT molecular complexity index is 505. The zero-order valence-electron chi connectivity index (χ0n) is 12.1. The molecule has 1 aromatic carbocycles. The van der Waals surface area contributed by atoms with E-state index in [2.05, 4.69) is 10.6 Å². The number of nitrogens with one attached hydrogen (secondary N) is 2. The number of halogens is 3. The Morgan fingerprint density at radius 1 is 1.45 bits per heavy atom. The van der Waals surface area contributed by atoms with Gasteiger partial charge in [0.05, 0.1) is 19.3 Å². The third kappa shape index (κ3) is 5.08. The lowest BCUT2D eigenvalue weighted by atomic mass is 10.1. The minimum Gasteiger partial charge on any atom is -0.492 e. The predicted molar refractivity (Wildman–Crippen MR) is 79.3 cm³/mol. The monoisotopic (exact) mass is 336 g/mol. The van der Waals surface area contributed by atoms with Crippen LogP contribution in [0.5, 0.6) is 5.75 Å². The summed E-state index contributed by atoms with van der Waals surface area (Å²) in [5.74, 6) is -1.84. The van der Waals surface area contributed by atoms with E-state index in [0.29, 0.717) is 13.2 Å². The normalized spacial score (nSPS) is 20.9. The van der Waals surface area contributed by atoms with E-state index in [1.54, 1.807) is 0 Å². The van der Waals surface area contributed by atoms with E-state index in [1.807, 2.05) is 6.92 Å². The molecule has 1 aromatic rings. The van der Waals surface area contributed by atoms with Crippen molar-refractivity contribution in [2.75, 3.05) is 26.3 Å². The van der Waals surface area contributed by atoms with Crippen LogP contribution in [0.2, 0.25) is 0 Å². The van der Waals surface area contributed by atoms with Gasteiger partial charge in [0, 0.05) is 12.6 Å². The molecule has 2 N–H and O–H groups in total. The highest BCUT2D eigenvalue weighted by molar-refractivity contribution is 5.85. The van der Waals surface area contributed by atoms with Gasteiger partial charge in [0.25, 0.3) is 0 Å². The van der Waals surface area contributed by atoms with Crippen LogP contribution in [0.3, 0.4) is 0 Å². The van der Waals surface area contributed by atoms with Crippen LogP contribution in [-0.2, 0) is 9.53 Å². The average molecular weight is 337 g/mol. The second-order valence-corrected chi connectivity index (χ2v) is 4.72. The SMILES string of the molecule is C[C@H]1OCCN[C@@H]1C(=O)NCCOc1ccc(F)c(F)c1.Cl. The summed E-state index contributed by atoms with van der Waals surface area (Å²) in [4.78, 5) is 11.9. The number of ether oxygens (including phenoxy) is 2. The fourth-order valence-corrected chi connectivity index (χ4v) is 2.05. The summed E-state index contributed by atoms with van der Waals surface area (Å²) in [6, 6.07) is 2.91. The van der Waals surface area contributed by atoms with E-state index < -0.39 is 11.6 Å². The molecule has 2 rings (SSSR count). The van der Waals surface area contributed by atoms with Gasteiger partial charge < -0.3 is 20.1 Å². The molecular formula is C14H19ClF2N2O3. The van der Waals surface area contributed by atoms with Gasteiger partial charge in [-0.25, -0.2) is 8.78 Å². The molecule has 2 atom stereocenters. The molecule has 0 spiro atoms. The van der Waals surface area contributed by atoms with Crippen molar-refractivity contribution in [3.8, 4) is 5.75 Å². The molecule has 0 saturated carbocycles. The number of rotatable bonds is 5. The van der Waals surface area contributed by atoms with Gasteiger partial charge in [-0.15, -0.1) is 12.4 Å². The van der Waals surface area contributed by atoms with E-state index in [4.69, 9.17) is 9.47 Å². The maximum Gasteiger partial charge on any atom is 0.239 e. The van der Waals surface area contributed by atoms with Gasteiger partial charge in [-0.3, -0.25) is 4.79 Å². The van der Waals surface area contributed by atoms with Crippen molar-refractivity contribution in [3.63, 3.8) is 0 Å². The smallest absolute Gasteiger partial charge is 0.239 e. The molecule has 1 heterocycles. The van der Waals surface area contributed by atoms with Gasteiger partial charge in [-0.05, 0) is 19.1 Å². The van der Waals surface area contributed by atoms with Gasteiger partial charge in [0.2, 0.25) is 5.91 Å². The molecule has 0 aliphatic carbocycles. The average Bonchev–Trinajstić information content (AvgIpc) is 2.47. The molecule has 0 aromatic heterocycles. The third-order valence-electron chi connectivity index (χ3n) is 3.16. The van der Waals surface area contributed by atoms with Crippen molar-refractivity contribution in [3.05, 3.63) is 29.8 Å². The highest BCUT2D eigenvalue weighted by atomic mass is 35.5. The van der Waals surface area contributed by atoms with E-state index in [1.165, 1.54) is 6.07 Å². The first-order valence-corrected chi connectivity index (χ1v) is 6.78. The van der Waals surface area contributed by atoms with E-state index in [9.17, 15) is 13.6 Å². The van der Waals surface area contributed by atoms with Crippen molar-refractivity contribution in [1.82, 2.24) is 10.6 Å². The lowest BCUT2D eigenvalue weighted by molar-refractivity contribution is -0.129. The molecule has 0 radical (unpaired) electrons. The number of carbonyl (C=O) groups excluding carboxylic acids is 1. The maximum absolute atomic E-state index is 13.0. The van der Waals surface area contributed by atoms with Crippen molar-refractivity contribution >= 4 is 18.3 Å². The van der Waals surface area contributed by atoms with E-state index in [0.717, 1.165) is 12.1 Å². The summed E-state index contributed by atoms with van der Waals surface area (Å²) < 4.78 is 36.3. The zero-order valence-corrected chi connectivity index (χ0v) is 12.9. The molecule has 0 bridgehead atoms. The van der Waals surface area contributed by atoms with E-state index in [-0.39, 0.29) is 49.4 Å². The Kier molecular flexibility index (Phi) is 7.50. The van der Waals surface area contributed by atoms with Crippen LogP contribution in [0.4, 0.5) is 8.78 Å². The van der Waals surface area contributed by atoms with Crippen LogP contribution < -0.4 is 15.4 Å². The second-order valence-electron chi connectivity index (χ2n) is 4.72. The number of amides is 1. The first kappa shape index (κ1) is 18.6. The summed E-state index contributed by atoms with van der Waals surface area (Å²) in [5, 5.41) is 5.78. The highest BCUT2D eigenvalue weighted by Gasteiger charge is 2.27. The fourth-order valence-electron chi connectivity index (χ4n) is 2.05. The second kappa shape index (κ2) is 8.87. The van der Waals surface area contributed by atoms with Crippen LogP contribution in [0.1, 0.15) is 6.92 Å². The molecule has 0 unspecified atom stereocenters. The quantitative estimate of drug-likeness (QED) is 0.795. The molecule has 8 heteroatoms. The Labute approximate surface area is 133 Å². The minimum absolute atomic E-state index is 0. The number of carbonyl (C=O) groups is 1. The fraction of sp³-hybridized carbons (Fsp3) is 0.500. The minimum atomic E-state index is -0.964. The molecule has 124 valence electrons. The molecule has 1 amide bonds. The summed E-state index contributed by atoms with van der Waals surface area (Å²) in [6.45, 7) is 3.48. The number of hydrogen-bond donors (Lipinski definition) is 2. The topological polar surface area (TPSA) is 59.6 Å². The Morgan fingerprint density at radius 2 is 2.23 bits per heavy atom. The van der Waals surface area contributed by atoms with Crippen LogP contribution in [0.25, 0.3) is 0 Å². The van der Waals surface area contributed by atoms with Crippen LogP contribution in [0, 0.1) is 11.6 Å². The number of benzene rings is 1. The number of hydrogen-bond acceptors (Lipinski definition) is 4. The number of morpholine rings is 1. The van der Waals surface area contributed by atoms with Crippen LogP contribution in [-0.4, -0.2) is 44.4 Å². The first-order chi connectivity index (χ1) is 10.1. The molecule has 1 aliphatic heterocycles. The summed E-state index contributed by atoms with van der Waals surface area (Å²) in [6.07, 6.45) is -0.189. The lowest BCUT2D eigenvalue weighted by Gasteiger charge is -2.29. The Morgan fingerprint density at radius 3 is 2.91 bits per heavy atom. The van der Waals surface area contributed by atoms with Crippen molar-refractivity contribution in [1.29, 1.82) is 0 Å². The summed E-state index contributed by atoms with van der Waals surface area (Å²) >= 11 is 0. The van der Waals surface area contributed by atoms with Crippen LogP contribution in [0.15, 0.2) is 18.2 Å². The zero-order chi connectivity index (χ0) is 15.2. The van der Waals surface area contributed by atoms with Gasteiger partial charge in [0.1, 0.15) is 18.4 Å². The van der Waals surface area contributed by atoms with Crippen molar-refractivity contribution in [2.45, 2.75) is 19.1 Å². The Balaban J connectivity index is 0.00000242. The van der Waals surface area contributed by atoms with E-state index >= 15 is 0 Å².